The Labute approximate surface area is 181 Å². The summed E-state index contributed by atoms with van der Waals surface area (Å²) >= 11 is 0. The molecule has 0 spiro atoms. The highest BCUT2D eigenvalue weighted by Gasteiger charge is 2.30. The molecule has 1 unspecified atom stereocenters. The number of para-hydroxylation sites is 1. The normalized spacial score (nSPS) is 12.4. The van der Waals surface area contributed by atoms with Crippen molar-refractivity contribution in [3.8, 4) is 5.69 Å². The van der Waals surface area contributed by atoms with Gasteiger partial charge in [0.2, 0.25) is 5.69 Å². The number of carbonyl (C=O) groups excluding carboxylic acids is 1. The molecule has 0 saturated carbocycles. The summed E-state index contributed by atoms with van der Waals surface area (Å²) in [6.07, 6.45) is -3.98. The number of amides is 1. The molecule has 1 amide bonds. The fourth-order valence-corrected chi connectivity index (χ4v) is 2.96. The van der Waals surface area contributed by atoms with E-state index >= 15 is 0 Å². The van der Waals surface area contributed by atoms with Crippen molar-refractivity contribution in [2.45, 2.75) is 39.0 Å². The van der Waals surface area contributed by atoms with Gasteiger partial charge in [-0.1, -0.05) is 37.3 Å². The third-order valence-corrected chi connectivity index (χ3v) is 4.86. The van der Waals surface area contributed by atoms with Crippen LogP contribution in [0.25, 0.3) is 5.69 Å². The van der Waals surface area contributed by atoms with Crippen molar-refractivity contribution < 1.29 is 18.0 Å². The van der Waals surface area contributed by atoms with Gasteiger partial charge < -0.3 is 5.32 Å². The molecule has 0 aliphatic carbocycles. The molecule has 168 valence electrons. The van der Waals surface area contributed by atoms with E-state index in [0.717, 1.165) is 16.8 Å². The highest BCUT2D eigenvalue weighted by molar-refractivity contribution is 5.91. The predicted octanol–water partition coefficient (Wildman–Crippen LogP) is 2.99. The molecule has 3 aromatic rings. The van der Waals surface area contributed by atoms with E-state index in [4.69, 9.17) is 0 Å². The van der Waals surface area contributed by atoms with Crippen LogP contribution < -0.4 is 16.6 Å². The number of hydrogen-bond acceptors (Lipinski definition) is 4. The Bertz CT molecular complexity index is 1230. The van der Waals surface area contributed by atoms with Gasteiger partial charge in [0.15, 0.2) is 0 Å². The second-order valence-corrected chi connectivity index (χ2v) is 7.25. The number of halogens is 3. The van der Waals surface area contributed by atoms with Gasteiger partial charge in [0, 0.05) is 6.04 Å². The first-order valence-corrected chi connectivity index (χ1v) is 9.88. The summed E-state index contributed by atoms with van der Waals surface area (Å²) < 4.78 is 40.8. The molecule has 0 aliphatic heterocycles. The third kappa shape index (κ3) is 4.96. The van der Waals surface area contributed by atoms with Crippen LogP contribution in [0.3, 0.4) is 0 Å². The van der Waals surface area contributed by atoms with Gasteiger partial charge in [0.1, 0.15) is 0 Å². The number of nitrogens with zero attached hydrogens (tertiary/aromatic N) is 3. The Morgan fingerprint density at radius 1 is 1.09 bits per heavy atom. The molecule has 0 radical (unpaired) electrons. The van der Waals surface area contributed by atoms with Gasteiger partial charge in [-0.2, -0.15) is 23.0 Å². The molecule has 1 aromatic heterocycles. The lowest BCUT2D eigenvalue weighted by atomic mass is 10.1. The van der Waals surface area contributed by atoms with Crippen molar-refractivity contribution in [1.82, 2.24) is 19.7 Å². The van der Waals surface area contributed by atoms with Crippen molar-refractivity contribution in [3.63, 3.8) is 0 Å². The number of benzene rings is 2. The zero-order chi connectivity index (χ0) is 23.5. The summed E-state index contributed by atoms with van der Waals surface area (Å²) in [5.74, 6) is -0.771. The van der Waals surface area contributed by atoms with E-state index in [1.807, 2.05) is 6.92 Å². The summed E-state index contributed by atoms with van der Waals surface area (Å²) in [4.78, 5) is 38.7. The fraction of sp³-hybridized carbons (Fsp3) is 0.273. The van der Waals surface area contributed by atoms with Gasteiger partial charge in [0.25, 0.3) is 11.5 Å². The van der Waals surface area contributed by atoms with Crippen molar-refractivity contribution >= 4 is 5.91 Å². The minimum atomic E-state index is -4.58. The van der Waals surface area contributed by atoms with Gasteiger partial charge in [-0.15, -0.1) is 0 Å². The first kappa shape index (κ1) is 23.0. The Kier molecular flexibility index (Phi) is 6.61. The van der Waals surface area contributed by atoms with Gasteiger partial charge in [0.05, 0.1) is 17.8 Å². The second kappa shape index (κ2) is 9.21. The van der Waals surface area contributed by atoms with Crippen LogP contribution in [0.5, 0.6) is 0 Å². The highest BCUT2D eigenvalue weighted by atomic mass is 19.4. The van der Waals surface area contributed by atoms with E-state index in [1.54, 1.807) is 37.3 Å². The van der Waals surface area contributed by atoms with E-state index < -0.39 is 41.1 Å². The zero-order valence-corrected chi connectivity index (χ0v) is 17.4. The van der Waals surface area contributed by atoms with Crippen LogP contribution in [0.2, 0.25) is 0 Å². The minimum absolute atomic E-state index is 0.0816. The van der Waals surface area contributed by atoms with E-state index in [1.165, 1.54) is 12.1 Å². The summed E-state index contributed by atoms with van der Waals surface area (Å²) in [6.45, 7) is 3.13. The zero-order valence-electron chi connectivity index (χ0n) is 17.4. The maximum atomic E-state index is 13.1. The van der Waals surface area contributed by atoms with Crippen molar-refractivity contribution in [2.24, 2.45) is 0 Å². The lowest BCUT2D eigenvalue weighted by molar-refractivity contribution is -0.137. The molecule has 1 atom stereocenters. The second-order valence-electron chi connectivity index (χ2n) is 7.25. The number of aromatic nitrogens is 3. The minimum Gasteiger partial charge on any atom is -0.348 e. The number of alkyl halides is 3. The first-order chi connectivity index (χ1) is 15.1. The van der Waals surface area contributed by atoms with Gasteiger partial charge in [-0.05, 0) is 43.2 Å². The number of hydrogen-bond donors (Lipinski definition) is 1. The Balaban J connectivity index is 2.17. The summed E-state index contributed by atoms with van der Waals surface area (Å²) in [6, 6.07) is 12.2. The van der Waals surface area contributed by atoms with Crippen molar-refractivity contribution in [3.05, 3.63) is 92.3 Å². The Morgan fingerprint density at radius 2 is 1.78 bits per heavy atom. The van der Waals surface area contributed by atoms with Crippen LogP contribution in [-0.2, 0) is 12.7 Å². The van der Waals surface area contributed by atoms with Gasteiger partial charge in [-0.3, -0.25) is 14.2 Å². The summed E-state index contributed by atoms with van der Waals surface area (Å²) in [5.41, 5.74) is -2.92. The maximum absolute atomic E-state index is 13.1. The molecule has 32 heavy (non-hydrogen) atoms. The van der Waals surface area contributed by atoms with Crippen LogP contribution in [0, 0.1) is 0 Å². The smallest absolute Gasteiger partial charge is 0.348 e. The molecular formula is C22H21F3N4O3. The van der Waals surface area contributed by atoms with E-state index in [2.05, 4.69) is 10.4 Å². The lowest BCUT2D eigenvalue weighted by Gasteiger charge is -2.15. The quantitative estimate of drug-likeness (QED) is 0.631. The summed E-state index contributed by atoms with van der Waals surface area (Å²) in [7, 11) is 0. The van der Waals surface area contributed by atoms with Gasteiger partial charge in [-0.25, -0.2) is 4.79 Å². The lowest BCUT2D eigenvalue weighted by Crippen LogP contribution is -2.47. The number of carbonyl (C=O) groups is 1. The molecule has 0 bridgehead atoms. The predicted molar refractivity (Wildman–Crippen MR) is 112 cm³/mol. The molecule has 7 nitrogen and oxygen atoms in total. The highest BCUT2D eigenvalue weighted by Crippen LogP contribution is 2.29. The molecule has 1 N–H and O–H groups in total. The van der Waals surface area contributed by atoms with Crippen LogP contribution in [0.4, 0.5) is 13.2 Å². The Hall–Kier alpha value is -3.69. The molecule has 0 aliphatic rings. The number of rotatable bonds is 6. The van der Waals surface area contributed by atoms with E-state index in [-0.39, 0.29) is 11.6 Å². The average Bonchev–Trinajstić information content (AvgIpc) is 2.76. The van der Waals surface area contributed by atoms with Crippen molar-refractivity contribution in [1.29, 1.82) is 0 Å². The molecule has 2 aromatic carbocycles. The standard InChI is InChI=1S/C22H21F3N4O3/c1-3-14(2)26-19(30)18-20(31)28(13-15-8-7-9-16(12-15)22(23,24)25)21(32)29(27-18)17-10-5-4-6-11-17/h4-12,14H,3,13H2,1-2H3,(H,26,30). The van der Waals surface area contributed by atoms with Gasteiger partial charge >= 0.3 is 11.9 Å². The maximum Gasteiger partial charge on any atom is 0.416 e. The average molecular weight is 446 g/mol. The topological polar surface area (TPSA) is 86.0 Å². The van der Waals surface area contributed by atoms with Crippen LogP contribution in [0.1, 0.15) is 41.9 Å². The Morgan fingerprint density at radius 3 is 2.41 bits per heavy atom. The molecule has 0 fully saturated rings. The third-order valence-electron chi connectivity index (χ3n) is 4.86. The van der Waals surface area contributed by atoms with Crippen LogP contribution in [-0.4, -0.2) is 26.3 Å². The SMILES string of the molecule is CCC(C)NC(=O)c1nn(-c2ccccc2)c(=O)n(Cc2cccc(C(F)(F)F)c2)c1=O. The first-order valence-electron chi connectivity index (χ1n) is 9.88. The van der Waals surface area contributed by atoms with E-state index in [9.17, 15) is 27.6 Å². The molecular weight excluding hydrogens is 425 g/mol. The van der Waals surface area contributed by atoms with Crippen molar-refractivity contribution in [2.75, 3.05) is 0 Å². The summed E-state index contributed by atoms with van der Waals surface area (Å²) in [5, 5.41) is 6.59. The van der Waals surface area contributed by atoms with Crippen LogP contribution >= 0.6 is 0 Å². The molecule has 3 rings (SSSR count). The molecule has 0 saturated heterocycles. The van der Waals surface area contributed by atoms with Crippen LogP contribution in [0.15, 0.2) is 64.2 Å². The largest absolute Gasteiger partial charge is 0.416 e. The number of nitrogens with one attached hydrogen (secondary N) is 1. The monoisotopic (exact) mass is 446 g/mol. The molecule has 10 heteroatoms. The van der Waals surface area contributed by atoms with E-state index in [0.29, 0.717) is 16.7 Å². The molecule has 1 heterocycles. The fourth-order valence-electron chi connectivity index (χ4n) is 2.96.